The molecule has 1 amide bonds. The molecule has 0 radical (unpaired) electrons. The number of nitrogens with one attached hydrogen (secondary N) is 2. The first-order valence-corrected chi connectivity index (χ1v) is 8.20. The van der Waals surface area contributed by atoms with Crippen molar-refractivity contribution >= 4 is 17.8 Å². The number of carbonyl (C=O) groups is 1. The van der Waals surface area contributed by atoms with Crippen LogP contribution < -0.4 is 15.5 Å². The third-order valence-corrected chi connectivity index (χ3v) is 3.76. The second kappa shape index (κ2) is 9.27. The fourth-order valence-electron chi connectivity index (χ4n) is 2.30. The van der Waals surface area contributed by atoms with Crippen LogP contribution in [-0.2, 0) is 11.2 Å². The number of aromatic hydroxyl groups is 1. The number of anilines is 1. The number of phenols is 1. The van der Waals surface area contributed by atoms with Gasteiger partial charge in [0.05, 0.1) is 13.3 Å². The predicted molar refractivity (Wildman–Crippen MR) is 104 cm³/mol. The van der Waals surface area contributed by atoms with Gasteiger partial charge in [0.25, 0.3) is 5.91 Å². The van der Waals surface area contributed by atoms with Crippen molar-refractivity contribution in [3.63, 3.8) is 0 Å². The number of hydrazone groups is 1. The quantitative estimate of drug-likeness (QED) is 0.387. The molecule has 0 bridgehead atoms. The van der Waals surface area contributed by atoms with Crippen molar-refractivity contribution in [2.75, 3.05) is 12.4 Å². The highest BCUT2D eigenvalue weighted by Gasteiger charge is 2.12. The monoisotopic (exact) mass is 353 g/mol. The molecule has 26 heavy (non-hydrogen) atoms. The van der Waals surface area contributed by atoms with Crippen molar-refractivity contribution in [2.45, 2.75) is 19.4 Å². The van der Waals surface area contributed by atoms with E-state index in [1.165, 1.54) is 6.21 Å². The topological polar surface area (TPSA) is 83.0 Å². The average Bonchev–Trinajstić information content (AvgIpc) is 2.65. The van der Waals surface area contributed by atoms with E-state index in [9.17, 15) is 9.90 Å². The number of benzene rings is 2. The van der Waals surface area contributed by atoms with Crippen LogP contribution in [-0.4, -0.2) is 30.4 Å². The Balaban J connectivity index is 1.93. The maximum atomic E-state index is 12.1. The summed E-state index contributed by atoms with van der Waals surface area (Å²) >= 11 is 0. The number of hydrogen-bond donors (Lipinski definition) is 3. The SMILES string of the molecule is C=CCc1cccc(/C=N\NC(=O)[C@H](C)Nc2ccc(OC)cc2)c1O. The van der Waals surface area contributed by atoms with Crippen LogP contribution in [0.1, 0.15) is 18.1 Å². The highest BCUT2D eigenvalue weighted by molar-refractivity contribution is 5.88. The zero-order valence-electron chi connectivity index (χ0n) is 14.9. The van der Waals surface area contributed by atoms with E-state index in [0.29, 0.717) is 12.0 Å². The van der Waals surface area contributed by atoms with Gasteiger partial charge in [-0.15, -0.1) is 6.58 Å². The molecule has 0 aliphatic rings. The number of nitrogens with zero attached hydrogens (tertiary/aromatic N) is 1. The molecule has 136 valence electrons. The van der Waals surface area contributed by atoms with Crippen molar-refractivity contribution < 1.29 is 14.6 Å². The van der Waals surface area contributed by atoms with Crippen LogP contribution in [0, 0.1) is 0 Å². The molecule has 0 unspecified atom stereocenters. The molecule has 1 atom stereocenters. The zero-order chi connectivity index (χ0) is 18.9. The molecule has 0 saturated carbocycles. The third-order valence-electron chi connectivity index (χ3n) is 3.76. The lowest BCUT2D eigenvalue weighted by molar-refractivity contribution is -0.121. The molecule has 2 rings (SSSR count). The number of rotatable bonds is 8. The van der Waals surface area contributed by atoms with Crippen LogP contribution >= 0.6 is 0 Å². The van der Waals surface area contributed by atoms with E-state index in [2.05, 4.69) is 22.4 Å². The molecule has 3 N–H and O–H groups in total. The summed E-state index contributed by atoms with van der Waals surface area (Å²) in [6.07, 6.45) is 3.69. The molecule has 2 aromatic rings. The third kappa shape index (κ3) is 5.11. The van der Waals surface area contributed by atoms with Crippen molar-refractivity contribution in [2.24, 2.45) is 5.10 Å². The fourth-order valence-corrected chi connectivity index (χ4v) is 2.30. The number of methoxy groups -OCH3 is 1. The number of hydrogen-bond acceptors (Lipinski definition) is 5. The molecule has 0 heterocycles. The number of carbonyl (C=O) groups excluding carboxylic acids is 1. The van der Waals surface area contributed by atoms with Gasteiger partial charge in [0.15, 0.2) is 0 Å². The summed E-state index contributed by atoms with van der Waals surface area (Å²) in [7, 11) is 1.60. The van der Waals surface area contributed by atoms with Crippen molar-refractivity contribution in [1.82, 2.24) is 5.43 Å². The van der Waals surface area contributed by atoms with Crippen LogP contribution in [0.5, 0.6) is 11.5 Å². The zero-order valence-corrected chi connectivity index (χ0v) is 14.9. The fraction of sp³-hybridized carbons (Fsp3) is 0.200. The van der Waals surface area contributed by atoms with E-state index in [0.717, 1.165) is 17.0 Å². The van der Waals surface area contributed by atoms with Gasteiger partial charge in [0, 0.05) is 11.3 Å². The molecule has 0 aliphatic carbocycles. The van der Waals surface area contributed by atoms with Gasteiger partial charge >= 0.3 is 0 Å². The standard InChI is InChI=1S/C20H23N3O3/c1-4-6-15-7-5-8-16(19(15)24)13-21-23-20(25)14(2)22-17-9-11-18(26-3)12-10-17/h4-5,7-14,22,24H,1,6H2,2-3H3,(H,23,25)/b21-13-/t14-/m0/s1. The lowest BCUT2D eigenvalue weighted by Gasteiger charge is -2.13. The predicted octanol–water partition coefficient (Wildman–Crippen LogP) is 3.08. The second-order valence-electron chi connectivity index (χ2n) is 5.68. The molecular weight excluding hydrogens is 330 g/mol. The van der Waals surface area contributed by atoms with Crippen LogP contribution in [0.4, 0.5) is 5.69 Å². The van der Waals surface area contributed by atoms with Gasteiger partial charge in [0.1, 0.15) is 17.5 Å². The first-order valence-electron chi connectivity index (χ1n) is 8.20. The Labute approximate surface area is 153 Å². The van der Waals surface area contributed by atoms with E-state index in [4.69, 9.17) is 4.74 Å². The summed E-state index contributed by atoms with van der Waals surface area (Å²) in [5.74, 6) is 0.587. The second-order valence-corrected chi connectivity index (χ2v) is 5.68. The lowest BCUT2D eigenvalue weighted by Crippen LogP contribution is -2.34. The minimum absolute atomic E-state index is 0.134. The molecule has 6 heteroatoms. The Hall–Kier alpha value is -3.28. The van der Waals surface area contributed by atoms with E-state index < -0.39 is 6.04 Å². The first-order chi connectivity index (χ1) is 12.5. The Bertz CT molecular complexity index is 785. The highest BCUT2D eigenvalue weighted by Crippen LogP contribution is 2.21. The van der Waals surface area contributed by atoms with Gasteiger partial charge in [-0.25, -0.2) is 5.43 Å². The average molecular weight is 353 g/mol. The highest BCUT2D eigenvalue weighted by atomic mass is 16.5. The molecular formula is C20H23N3O3. The summed E-state index contributed by atoms with van der Waals surface area (Å²) < 4.78 is 5.10. The molecule has 0 spiro atoms. The van der Waals surface area contributed by atoms with Crippen molar-refractivity contribution in [3.05, 3.63) is 66.2 Å². The summed E-state index contributed by atoms with van der Waals surface area (Å²) in [6.45, 7) is 5.39. The Kier molecular flexibility index (Phi) is 6.79. The van der Waals surface area contributed by atoms with Crippen LogP contribution in [0.3, 0.4) is 0 Å². The first kappa shape index (κ1) is 19.1. The molecule has 0 aliphatic heterocycles. The number of para-hydroxylation sites is 1. The van der Waals surface area contributed by atoms with E-state index >= 15 is 0 Å². The van der Waals surface area contributed by atoms with Crippen molar-refractivity contribution in [3.8, 4) is 11.5 Å². The maximum Gasteiger partial charge on any atom is 0.262 e. The molecule has 2 aromatic carbocycles. The Morgan fingerprint density at radius 3 is 2.69 bits per heavy atom. The summed E-state index contributed by atoms with van der Waals surface area (Å²) in [4.78, 5) is 12.1. The largest absolute Gasteiger partial charge is 0.507 e. The normalized spacial score (nSPS) is 11.8. The summed E-state index contributed by atoms with van der Waals surface area (Å²) in [5.41, 5.74) is 4.55. The lowest BCUT2D eigenvalue weighted by atomic mass is 10.1. The summed E-state index contributed by atoms with van der Waals surface area (Å²) in [6, 6.07) is 12.1. The smallest absolute Gasteiger partial charge is 0.262 e. The van der Waals surface area contributed by atoms with E-state index in [1.54, 1.807) is 26.2 Å². The van der Waals surface area contributed by atoms with Gasteiger partial charge in [-0.2, -0.15) is 5.10 Å². The molecule has 0 aromatic heterocycles. The number of phenolic OH excluding ortho intramolecular Hbond substituents is 1. The van der Waals surface area contributed by atoms with Gasteiger partial charge in [-0.3, -0.25) is 4.79 Å². The molecule has 0 saturated heterocycles. The van der Waals surface area contributed by atoms with Crippen LogP contribution in [0.2, 0.25) is 0 Å². The maximum absolute atomic E-state index is 12.1. The Morgan fingerprint density at radius 2 is 2.04 bits per heavy atom. The number of allylic oxidation sites excluding steroid dienone is 1. The van der Waals surface area contributed by atoms with E-state index in [1.807, 2.05) is 36.4 Å². The molecule has 6 nitrogen and oxygen atoms in total. The minimum atomic E-state index is -0.485. The van der Waals surface area contributed by atoms with Gasteiger partial charge in [-0.1, -0.05) is 18.2 Å². The van der Waals surface area contributed by atoms with E-state index in [-0.39, 0.29) is 11.7 Å². The Morgan fingerprint density at radius 1 is 1.31 bits per heavy atom. The summed E-state index contributed by atoms with van der Waals surface area (Å²) in [5, 5.41) is 17.2. The van der Waals surface area contributed by atoms with Gasteiger partial charge < -0.3 is 15.2 Å². The van der Waals surface area contributed by atoms with Gasteiger partial charge in [-0.05, 0) is 49.2 Å². The minimum Gasteiger partial charge on any atom is -0.507 e. The van der Waals surface area contributed by atoms with Crippen LogP contribution in [0.25, 0.3) is 0 Å². The number of amides is 1. The van der Waals surface area contributed by atoms with Crippen LogP contribution in [0.15, 0.2) is 60.2 Å². The van der Waals surface area contributed by atoms with Gasteiger partial charge in [0.2, 0.25) is 0 Å². The molecule has 0 fully saturated rings. The number of ether oxygens (including phenoxy) is 1. The van der Waals surface area contributed by atoms with Crippen molar-refractivity contribution in [1.29, 1.82) is 0 Å².